The van der Waals surface area contributed by atoms with Crippen LogP contribution in [0.1, 0.15) is 20.3 Å². The minimum atomic E-state index is -1.05. The summed E-state index contributed by atoms with van der Waals surface area (Å²) < 4.78 is 0. The number of carboxylic acids is 1. The maximum atomic E-state index is 11.7. The van der Waals surface area contributed by atoms with Gasteiger partial charge in [0.15, 0.2) is 0 Å². The first-order chi connectivity index (χ1) is 7.90. The molecule has 0 aromatic heterocycles. The van der Waals surface area contributed by atoms with Crippen LogP contribution in [0.5, 0.6) is 0 Å². The van der Waals surface area contributed by atoms with Crippen LogP contribution in [0.3, 0.4) is 0 Å². The first-order valence-corrected chi connectivity index (χ1v) is 6.35. The molecule has 6 nitrogen and oxygen atoms in total. The Kier molecular flexibility index (Phi) is 4.80. The highest BCUT2D eigenvalue weighted by Gasteiger charge is 2.31. The highest BCUT2D eigenvalue weighted by atomic mass is 32.2. The molecule has 0 radical (unpaired) electrons. The highest BCUT2D eigenvalue weighted by Crippen LogP contribution is 2.13. The number of carbonyl (C=O) groups excluding carboxylic acids is 2. The number of carboxylic acid groups (broad SMARTS) is 1. The number of rotatable bonds is 5. The topological polar surface area (TPSA) is 95.5 Å². The fraction of sp³-hybridized carbons (Fsp3) is 0.700. The van der Waals surface area contributed by atoms with Gasteiger partial charge in [-0.3, -0.25) is 9.59 Å². The molecule has 1 fully saturated rings. The summed E-state index contributed by atoms with van der Waals surface area (Å²) in [6.07, 6.45) is 0.370. The van der Waals surface area contributed by atoms with Gasteiger partial charge in [0, 0.05) is 5.75 Å². The molecule has 1 saturated heterocycles. The third-order valence-corrected chi connectivity index (χ3v) is 3.19. The molecule has 0 aromatic rings. The van der Waals surface area contributed by atoms with Crippen LogP contribution in [0.15, 0.2) is 0 Å². The number of amides is 2. The summed E-state index contributed by atoms with van der Waals surface area (Å²) in [4.78, 5) is 33.5. The summed E-state index contributed by atoms with van der Waals surface area (Å²) in [6.45, 7) is 3.77. The van der Waals surface area contributed by atoms with Gasteiger partial charge in [0.05, 0.1) is 0 Å². The molecule has 1 unspecified atom stereocenters. The van der Waals surface area contributed by atoms with Crippen LogP contribution < -0.4 is 10.6 Å². The Labute approximate surface area is 104 Å². The molecule has 96 valence electrons. The second kappa shape index (κ2) is 5.90. The van der Waals surface area contributed by atoms with E-state index in [9.17, 15) is 14.4 Å². The minimum Gasteiger partial charge on any atom is -0.480 e. The van der Waals surface area contributed by atoms with Crippen LogP contribution >= 0.6 is 11.8 Å². The lowest BCUT2D eigenvalue weighted by molar-refractivity contribution is -0.142. The van der Waals surface area contributed by atoms with Gasteiger partial charge in [-0.05, 0) is 12.3 Å². The SMILES string of the molecule is CC(C)C[C@@H](NC(=O)C1CSC(=O)N1)C(=O)O. The Morgan fingerprint density at radius 3 is 2.65 bits per heavy atom. The van der Waals surface area contributed by atoms with Gasteiger partial charge in [0.2, 0.25) is 5.91 Å². The zero-order chi connectivity index (χ0) is 13.0. The number of thioether (sulfide) groups is 1. The molecule has 1 aliphatic rings. The van der Waals surface area contributed by atoms with Crippen molar-refractivity contribution < 1.29 is 19.5 Å². The van der Waals surface area contributed by atoms with Crippen LogP contribution in [0.25, 0.3) is 0 Å². The Bertz CT molecular complexity index is 332. The summed E-state index contributed by atoms with van der Waals surface area (Å²) in [5.74, 6) is -0.969. The van der Waals surface area contributed by atoms with Crippen molar-refractivity contribution in [2.24, 2.45) is 5.92 Å². The Hall–Kier alpha value is -1.24. The summed E-state index contributed by atoms with van der Waals surface area (Å²) >= 11 is 1.02. The number of hydrogen-bond donors (Lipinski definition) is 3. The van der Waals surface area contributed by atoms with Crippen LogP contribution in [0.2, 0.25) is 0 Å². The Morgan fingerprint density at radius 2 is 2.24 bits per heavy atom. The largest absolute Gasteiger partial charge is 0.480 e. The Morgan fingerprint density at radius 1 is 1.59 bits per heavy atom. The van der Waals surface area contributed by atoms with E-state index in [1.807, 2.05) is 13.8 Å². The molecule has 0 aliphatic carbocycles. The van der Waals surface area contributed by atoms with Crippen molar-refractivity contribution in [2.75, 3.05) is 5.75 Å². The van der Waals surface area contributed by atoms with Crippen LogP contribution in [-0.4, -0.2) is 40.1 Å². The van der Waals surface area contributed by atoms with Gasteiger partial charge in [-0.1, -0.05) is 25.6 Å². The molecule has 1 heterocycles. The fourth-order valence-electron chi connectivity index (χ4n) is 1.49. The molecule has 0 aromatic carbocycles. The van der Waals surface area contributed by atoms with Gasteiger partial charge < -0.3 is 15.7 Å². The molecule has 0 saturated carbocycles. The first-order valence-electron chi connectivity index (χ1n) is 5.36. The summed E-state index contributed by atoms with van der Waals surface area (Å²) in [6, 6.07) is -1.52. The van der Waals surface area contributed by atoms with E-state index in [-0.39, 0.29) is 11.2 Å². The van der Waals surface area contributed by atoms with E-state index in [1.165, 1.54) is 0 Å². The van der Waals surface area contributed by atoms with E-state index >= 15 is 0 Å². The van der Waals surface area contributed by atoms with Crippen molar-refractivity contribution >= 4 is 28.9 Å². The van der Waals surface area contributed by atoms with Crippen LogP contribution in [-0.2, 0) is 9.59 Å². The van der Waals surface area contributed by atoms with E-state index in [2.05, 4.69) is 10.6 Å². The normalized spacial score (nSPS) is 21.1. The fourth-order valence-corrected chi connectivity index (χ4v) is 2.27. The van der Waals surface area contributed by atoms with Crippen molar-refractivity contribution in [2.45, 2.75) is 32.4 Å². The molecule has 0 spiro atoms. The molecule has 17 heavy (non-hydrogen) atoms. The second-order valence-corrected chi connectivity index (χ2v) is 5.32. The lowest BCUT2D eigenvalue weighted by Crippen LogP contribution is -2.49. The summed E-state index contributed by atoms with van der Waals surface area (Å²) in [5.41, 5.74) is 0. The van der Waals surface area contributed by atoms with Crippen LogP contribution in [0.4, 0.5) is 4.79 Å². The molecule has 1 aliphatic heterocycles. The van der Waals surface area contributed by atoms with Crippen molar-refractivity contribution in [1.29, 1.82) is 0 Å². The molecular formula is C10H16N2O4S. The molecule has 2 atom stereocenters. The molecule has 7 heteroatoms. The first kappa shape index (κ1) is 13.8. The van der Waals surface area contributed by atoms with Crippen LogP contribution in [0, 0.1) is 5.92 Å². The third kappa shape index (κ3) is 4.26. The van der Waals surface area contributed by atoms with Crippen molar-refractivity contribution in [3.05, 3.63) is 0 Å². The molecular weight excluding hydrogens is 244 g/mol. The van der Waals surface area contributed by atoms with Gasteiger partial charge in [-0.2, -0.15) is 0 Å². The molecule has 3 N–H and O–H groups in total. The smallest absolute Gasteiger partial charge is 0.326 e. The van der Waals surface area contributed by atoms with Gasteiger partial charge in [-0.25, -0.2) is 4.79 Å². The lowest BCUT2D eigenvalue weighted by Gasteiger charge is -2.18. The second-order valence-electron chi connectivity index (χ2n) is 4.32. The molecule has 2 amide bonds. The number of aliphatic carboxylic acids is 1. The monoisotopic (exact) mass is 260 g/mol. The van der Waals surface area contributed by atoms with E-state index < -0.39 is 24.0 Å². The van der Waals surface area contributed by atoms with Gasteiger partial charge >= 0.3 is 5.97 Å². The van der Waals surface area contributed by atoms with E-state index in [1.54, 1.807) is 0 Å². The van der Waals surface area contributed by atoms with Crippen molar-refractivity contribution in [3.63, 3.8) is 0 Å². The quantitative estimate of drug-likeness (QED) is 0.666. The highest BCUT2D eigenvalue weighted by molar-refractivity contribution is 8.14. The molecule has 1 rings (SSSR count). The number of nitrogens with one attached hydrogen (secondary N) is 2. The standard InChI is InChI=1S/C10H16N2O4S/c1-5(2)3-6(9(14)15)11-8(13)7-4-17-10(16)12-7/h5-7H,3-4H2,1-2H3,(H,11,13)(H,12,16)(H,14,15)/t6-,7?/m1/s1. The third-order valence-electron chi connectivity index (χ3n) is 2.31. The van der Waals surface area contributed by atoms with Gasteiger partial charge in [-0.15, -0.1) is 0 Å². The van der Waals surface area contributed by atoms with Gasteiger partial charge in [0.25, 0.3) is 5.24 Å². The summed E-state index contributed by atoms with van der Waals surface area (Å²) in [5, 5.41) is 13.6. The maximum Gasteiger partial charge on any atom is 0.326 e. The molecule has 0 bridgehead atoms. The van der Waals surface area contributed by atoms with E-state index in [0.717, 1.165) is 11.8 Å². The van der Waals surface area contributed by atoms with Gasteiger partial charge in [0.1, 0.15) is 12.1 Å². The zero-order valence-corrected chi connectivity index (χ0v) is 10.5. The number of hydrogen-bond acceptors (Lipinski definition) is 4. The summed E-state index contributed by atoms with van der Waals surface area (Å²) in [7, 11) is 0. The van der Waals surface area contributed by atoms with E-state index in [4.69, 9.17) is 5.11 Å². The average molecular weight is 260 g/mol. The minimum absolute atomic E-state index is 0.170. The number of carbonyl (C=O) groups is 3. The predicted molar refractivity (Wildman–Crippen MR) is 63.8 cm³/mol. The average Bonchev–Trinajstić information content (AvgIpc) is 2.63. The lowest BCUT2D eigenvalue weighted by atomic mass is 10.0. The Balaban J connectivity index is 2.52. The predicted octanol–water partition coefficient (Wildman–Crippen LogP) is 0.427. The zero-order valence-electron chi connectivity index (χ0n) is 9.73. The maximum absolute atomic E-state index is 11.7. The van der Waals surface area contributed by atoms with E-state index in [0.29, 0.717) is 12.2 Å². The van der Waals surface area contributed by atoms with Crippen molar-refractivity contribution in [3.8, 4) is 0 Å². The van der Waals surface area contributed by atoms with Crippen molar-refractivity contribution in [1.82, 2.24) is 10.6 Å².